The summed E-state index contributed by atoms with van der Waals surface area (Å²) < 4.78 is 16.4. The molecule has 1 aliphatic rings. The molecule has 1 amide bonds. The maximum Gasteiger partial charge on any atom is 0.287 e. The van der Waals surface area contributed by atoms with Gasteiger partial charge in [-0.3, -0.25) is 14.5 Å². The monoisotopic (exact) mass is 442 g/mol. The molecule has 3 aromatic rings. The zero-order valence-electron chi connectivity index (χ0n) is 17.1. The molecule has 0 radical (unpaired) electrons. The summed E-state index contributed by atoms with van der Waals surface area (Å²) in [6, 6.07) is 13.7. The summed E-state index contributed by atoms with van der Waals surface area (Å²) in [4.78, 5) is 27.5. The van der Waals surface area contributed by atoms with Gasteiger partial charge in [0, 0.05) is 30.7 Å². The highest BCUT2D eigenvalue weighted by Crippen LogP contribution is 2.24. The molecule has 7 nitrogen and oxygen atoms in total. The zero-order valence-corrected chi connectivity index (χ0v) is 17.9. The number of amides is 1. The Morgan fingerprint density at radius 2 is 1.90 bits per heavy atom. The molecule has 31 heavy (non-hydrogen) atoms. The van der Waals surface area contributed by atoms with Crippen LogP contribution in [0.15, 0.2) is 57.7 Å². The third-order valence-corrected chi connectivity index (χ3v) is 5.59. The van der Waals surface area contributed by atoms with E-state index in [0.717, 1.165) is 24.4 Å². The first-order chi connectivity index (χ1) is 15.0. The van der Waals surface area contributed by atoms with Crippen molar-refractivity contribution in [1.29, 1.82) is 0 Å². The van der Waals surface area contributed by atoms with Crippen molar-refractivity contribution in [3.8, 4) is 5.75 Å². The van der Waals surface area contributed by atoms with Crippen LogP contribution in [0, 0.1) is 0 Å². The first-order valence-electron chi connectivity index (χ1n) is 10.0. The molecule has 1 aliphatic heterocycles. The molecule has 0 bridgehead atoms. The lowest BCUT2D eigenvalue weighted by Gasteiger charge is -2.35. The summed E-state index contributed by atoms with van der Waals surface area (Å²) in [5, 5.41) is 3.69. The van der Waals surface area contributed by atoms with Crippen molar-refractivity contribution >= 4 is 28.5 Å². The fraction of sp³-hybridized carbons (Fsp3) is 0.304. The Bertz CT molecular complexity index is 1120. The molecule has 1 fully saturated rings. The van der Waals surface area contributed by atoms with Crippen LogP contribution in [-0.2, 0) is 4.74 Å². The number of carbonyl (C=O) groups excluding carboxylic acids is 1. The molecule has 0 saturated carbocycles. The van der Waals surface area contributed by atoms with Crippen molar-refractivity contribution in [2.24, 2.45) is 0 Å². The van der Waals surface area contributed by atoms with Crippen LogP contribution in [-0.4, -0.2) is 50.8 Å². The number of nitrogens with one attached hydrogen (secondary N) is 1. The van der Waals surface area contributed by atoms with E-state index < -0.39 is 5.91 Å². The van der Waals surface area contributed by atoms with Gasteiger partial charge in [0.25, 0.3) is 5.91 Å². The van der Waals surface area contributed by atoms with Crippen molar-refractivity contribution in [3.63, 3.8) is 0 Å². The highest BCUT2D eigenvalue weighted by Gasteiger charge is 2.24. The number of fused-ring (bicyclic) bond motifs is 1. The second-order valence-corrected chi connectivity index (χ2v) is 7.70. The molecule has 0 aliphatic carbocycles. The fourth-order valence-corrected chi connectivity index (χ4v) is 3.86. The Morgan fingerprint density at radius 3 is 2.61 bits per heavy atom. The number of nitrogens with zero attached hydrogens (tertiary/aromatic N) is 1. The average Bonchev–Trinajstić information content (AvgIpc) is 2.80. The number of rotatable bonds is 6. The SMILES string of the molecule is COc1ccc(C(CNC(=O)c2cc(=O)c3cc(Cl)ccc3o2)N2CCOCC2)cc1. The van der Waals surface area contributed by atoms with Crippen molar-refractivity contribution in [2.75, 3.05) is 40.0 Å². The van der Waals surface area contributed by atoms with Gasteiger partial charge in [0.1, 0.15) is 11.3 Å². The highest BCUT2D eigenvalue weighted by atomic mass is 35.5. The van der Waals surface area contributed by atoms with Crippen LogP contribution in [0.3, 0.4) is 0 Å². The number of ether oxygens (including phenoxy) is 2. The number of hydrogen-bond acceptors (Lipinski definition) is 6. The lowest BCUT2D eigenvalue weighted by Crippen LogP contribution is -2.43. The third kappa shape index (κ3) is 4.90. The molecule has 1 aromatic heterocycles. The molecular formula is C23H23ClN2O5. The van der Waals surface area contributed by atoms with Gasteiger partial charge in [0.2, 0.25) is 0 Å². The minimum Gasteiger partial charge on any atom is -0.497 e. The number of morpholine rings is 1. The van der Waals surface area contributed by atoms with Crippen LogP contribution in [0.1, 0.15) is 22.2 Å². The number of hydrogen-bond donors (Lipinski definition) is 1. The molecule has 162 valence electrons. The van der Waals surface area contributed by atoms with Gasteiger partial charge < -0.3 is 19.2 Å². The van der Waals surface area contributed by atoms with Crippen LogP contribution in [0.4, 0.5) is 0 Å². The lowest BCUT2D eigenvalue weighted by atomic mass is 10.0. The van der Waals surface area contributed by atoms with Gasteiger partial charge >= 0.3 is 0 Å². The van der Waals surface area contributed by atoms with Crippen molar-refractivity contribution in [2.45, 2.75) is 6.04 Å². The predicted octanol–water partition coefficient (Wildman–Crippen LogP) is 3.26. The maximum atomic E-state index is 12.8. The molecule has 2 aromatic carbocycles. The molecular weight excluding hydrogens is 420 g/mol. The van der Waals surface area contributed by atoms with E-state index in [4.69, 9.17) is 25.5 Å². The van der Waals surface area contributed by atoms with Crippen molar-refractivity contribution in [1.82, 2.24) is 10.2 Å². The molecule has 1 saturated heterocycles. The molecule has 0 spiro atoms. The molecule has 1 unspecified atom stereocenters. The van der Waals surface area contributed by atoms with Crippen molar-refractivity contribution < 1.29 is 18.7 Å². The largest absolute Gasteiger partial charge is 0.497 e. The third-order valence-electron chi connectivity index (χ3n) is 5.36. The Hall–Kier alpha value is -2.87. The zero-order chi connectivity index (χ0) is 21.8. The first-order valence-corrected chi connectivity index (χ1v) is 10.4. The number of benzene rings is 2. The summed E-state index contributed by atoms with van der Waals surface area (Å²) in [5.74, 6) is 0.294. The summed E-state index contributed by atoms with van der Waals surface area (Å²) in [7, 11) is 1.62. The van der Waals surface area contributed by atoms with Gasteiger partial charge in [-0.2, -0.15) is 0 Å². The van der Waals surface area contributed by atoms with Crippen LogP contribution < -0.4 is 15.5 Å². The lowest BCUT2D eigenvalue weighted by molar-refractivity contribution is 0.0161. The van der Waals surface area contributed by atoms with Gasteiger partial charge in [-0.15, -0.1) is 0 Å². The maximum absolute atomic E-state index is 12.8. The number of carbonyl (C=O) groups is 1. The summed E-state index contributed by atoms with van der Waals surface area (Å²) in [5.41, 5.74) is 1.06. The molecule has 1 atom stereocenters. The summed E-state index contributed by atoms with van der Waals surface area (Å²) in [6.07, 6.45) is 0. The number of halogens is 1. The van der Waals surface area contributed by atoms with Gasteiger partial charge in [0.15, 0.2) is 11.2 Å². The Labute approximate surface area is 184 Å². The molecule has 2 heterocycles. The van der Waals surface area contributed by atoms with E-state index >= 15 is 0 Å². The van der Waals surface area contributed by atoms with Crippen LogP contribution in [0.2, 0.25) is 5.02 Å². The quantitative estimate of drug-likeness (QED) is 0.631. The van der Waals surface area contributed by atoms with E-state index in [9.17, 15) is 9.59 Å². The normalized spacial score (nSPS) is 15.5. The van der Waals surface area contributed by atoms with Gasteiger partial charge in [-0.05, 0) is 35.9 Å². The van der Waals surface area contributed by atoms with Gasteiger partial charge in [0.05, 0.1) is 31.8 Å². The van der Waals surface area contributed by atoms with E-state index in [-0.39, 0.29) is 17.2 Å². The smallest absolute Gasteiger partial charge is 0.287 e. The van der Waals surface area contributed by atoms with Gasteiger partial charge in [-0.25, -0.2) is 0 Å². The highest BCUT2D eigenvalue weighted by molar-refractivity contribution is 6.31. The van der Waals surface area contributed by atoms with Gasteiger partial charge in [-0.1, -0.05) is 23.7 Å². The van der Waals surface area contributed by atoms with E-state index in [1.54, 1.807) is 19.2 Å². The van der Waals surface area contributed by atoms with Crippen LogP contribution in [0.25, 0.3) is 11.0 Å². The molecule has 8 heteroatoms. The average molecular weight is 443 g/mol. The molecule has 1 N–H and O–H groups in total. The minimum atomic E-state index is -0.444. The first kappa shape index (κ1) is 21.4. The van der Waals surface area contributed by atoms with E-state index in [2.05, 4.69) is 10.2 Å². The second-order valence-electron chi connectivity index (χ2n) is 7.26. The standard InChI is InChI=1S/C23H23ClN2O5/c1-29-17-5-2-15(3-6-17)19(26-8-10-30-11-9-26)14-25-23(28)22-13-20(27)18-12-16(24)4-7-21(18)31-22/h2-7,12-13,19H,8-11,14H2,1H3,(H,25,28). The fourth-order valence-electron chi connectivity index (χ4n) is 3.69. The van der Waals surface area contributed by atoms with E-state index in [1.165, 1.54) is 12.1 Å². The Morgan fingerprint density at radius 1 is 1.16 bits per heavy atom. The van der Waals surface area contributed by atoms with Crippen molar-refractivity contribution in [3.05, 3.63) is 75.1 Å². The van der Waals surface area contributed by atoms with Crippen LogP contribution >= 0.6 is 11.6 Å². The predicted molar refractivity (Wildman–Crippen MR) is 118 cm³/mol. The molecule has 4 rings (SSSR count). The Kier molecular flexibility index (Phi) is 6.56. The summed E-state index contributed by atoms with van der Waals surface area (Å²) in [6.45, 7) is 3.16. The van der Waals surface area contributed by atoms with E-state index in [0.29, 0.717) is 35.8 Å². The number of methoxy groups -OCH3 is 1. The topological polar surface area (TPSA) is 81.0 Å². The van der Waals surface area contributed by atoms with Crippen LogP contribution in [0.5, 0.6) is 5.75 Å². The minimum absolute atomic E-state index is 0.0321. The Balaban J connectivity index is 1.54. The summed E-state index contributed by atoms with van der Waals surface area (Å²) >= 11 is 5.95. The van der Waals surface area contributed by atoms with E-state index in [1.807, 2.05) is 24.3 Å². The second kappa shape index (κ2) is 9.51.